The Morgan fingerprint density at radius 2 is 1.68 bits per heavy atom. The number of carbonyl (C=O) groups excluding carboxylic acids is 2. The summed E-state index contributed by atoms with van der Waals surface area (Å²) in [5, 5.41) is 3.08. The summed E-state index contributed by atoms with van der Waals surface area (Å²) in [4.78, 5) is 25.5. The average molecular weight is 578 g/mol. The van der Waals surface area contributed by atoms with Crippen molar-refractivity contribution in [2.75, 3.05) is 17.4 Å². The van der Waals surface area contributed by atoms with E-state index in [0.717, 1.165) is 25.3 Å². The van der Waals surface area contributed by atoms with Gasteiger partial charge in [-0.2, -0.15) is 8.42 Å². The smallest absolute Gasteiger partial charge is 0.329 e. The number of amides is 2. The quantitative estimate of drug-likeness (QED) is 0.381. The summed E-state index contributed by atoms with van der Waals surface area (Å²) in [6, 6.07) is 23.2. The van der Waals surface area contributed by atoms with Gasteiger partial charge in [0.05, 0.1) is 5.69 Å². The predicted molar refractivity (Wildman–Crippen MR) is 158 cm³/mol. The van der Waals surface area contributed by atoms with Gasteiger partial charge in [-0.05, 0) is 53.8 Å². The second-order valence-electron chi connectivity index (χ2n) is 11.6. The lowest BCUT2D eigenvalue weighted by Gasteiger charge is -2.27. The third kappa shape index (κ3) is 6.07. The van der Waals surface area contributed by atoms with Crippen molar-refractivity contribution in [3.05, 3.63) is 95.1 Å². The summed E-state index contributed by atoms with van der Waals surface area (Å²) < 4.78 is 35.5. The maximum absolute atomic E-state index is 13.5. The number of carbonyl (C=O) groups is 2. The summed E-state index contributed by atoms with van der Waals surface area (Å²) in [5.41, 5.74) is 3.88. The van der Waals surface area contributed by atoms with E-state index in [1.54, 1.807) is 6.07 Å². The third-order valence-corrected chi connectivity index (χ3v) is 10.8. The third-order valence-electron chi connectivity index (χ3n) is 7.25. The Bertz CT molecular complexity index is 1520. The van der Waals surface area contributed by atoms with Crippen LogP contribution >= 0.6 is 0 Å². The molecular weight excluding hydrogens is 542 g/mol. The van der Waals surface area contributed by atoms with Gasteiger partial charge in [-0.15, -0.1) is 0 Å². The van der Waals surface area contributed by atoms with Crippen LogP contribution in [-0.4, -0.2) is 51.7 Å². The Morgan fingerprint density at radius 3 is 2.42 bits per heavy atom. The molecular formula is C30H35N3O5SSi. The van der Waals surface area contributed by atoms with Crippen LogP contribution in [0.25, 0.3) is 0 Å². The van der Waals surface area contributed by atoms with Crippen LogP contribution in [-0.2, 0) is 34.5 Å². The molecule has 1 fully saturated rings. The van der Waals surface area contributed by atoms with Crippen molar-refractivity contribution in [1.82, 2.24) is 9.62 Å². The zero-order chi connectivity index (χ0) is 28.5. The van der Waals surface area contributed by atoms with Crippen molar-refractivity contribution in [2.45, 2.75) is 51.2 Å². The van der Waals surface area contributed by atoms with Gasteiger partial charge in [-0.3, -0.25) is 9.59 Å². The van der Waals surface area contributed by atoms with Crippen LogP contribution in [0.5, 0.6) is 5.75 Å². The van der Waals surface area contributed by atoms with Crippen LogP contribution in [0.1, 0.15) is 27.0 Å². The number of fused-ring (bicyclic) bond motifs is 1. The molecule has 0 saturated carbocycles. The first-order chi connectivity index (χ1) is 19.0. The van der Waals surface area contributed by atoms with Crippen LogP contribution in [0.2, 0.25) is 25.7 Å². The average Bonchev–Trinajstić information content (AvgIpc) is 3.13. The number of anilines is 1. The van der Waals surface area contributed by atoms with Gasteiger partial charge in [0.1, 0.15) is 18.9 Å². The van der Waals surface area contributed by atoms with E-state index in [4.69, 9.17) is 4.74 Å². The van der Waals surface area contributed by atoms with Gasteiger partial charge in [0, 0.05) is 26.2 Å². The number of nitrogens with one attached hydrogen (secondary N) is 1. The van der Waals surface area contributed by atoms with Crippen molar-refractivity contribution in [3.8, 4) is 5.75 Å². The Kier molecular flexibility index (Phi) is 7.74. The van der Waals surface area contributed by atoms with Gasteiger partial charge < -0.3 is 10.1 Å². The molecule has 0 aliphatic carbocycles. The molecule has 1 atom stereocenters. The monoisotopic (exact) mass is 577 g/mol. The van der Waals surface area contributed by atoms with Crippen molar-refractivity contribution in [2.24, 2.45) is 0 Å². The molecule has 0 spiro atoms. The van der Waals surface area contributed by atoms with E-state index >= 15 is 0 Å². The molecule has 8 nitrogen and oxygen atoms in total. The summed E-state index contributed by atoms with van der Waals surface area (Å²) in [6.07, 6.45) is 1.25. The minimum absolute atomic E-state index is 0.0934. The minimum Gasteiger partial charge on any atom is -0.487 e. The van der Waals surface area contributed by atoms with E-state index in [1.807, 2.05) is 66.7 Å². The lowest BCUT2D eigenvalue weighted by atomic mass is 9.91. The predicted octanol–water partition coefficient (Wildman–Crippen LogP) is 4.39. The summed E-state index contributed by atoms with van der Waals surface area (Å²) in [7, 11) is -5.60. The first-order valence-corrected chi connectivity index (χ1v) is 18.6. The fourth-order valence-electron chi connectivity index (χ4n) is 5.07. The molecule has 0 radical (unpaired) electrons. The van der Waals surface area contributed by atoms with Gasteiger partial charge in [0.15, 0.2) is 0 Å². The molecule has 1 unspecified atom stereocenters. The van der Waals surface area contributed by atoms with Crippen molar-refractivity contribution < 1.29 is 22.7 Å². The number of ether oxygens (including phenoxy) is 1. The zero-order valence-electron chi connectivity index (χ0n) is 23.1. The van der Waals surface area contributed by atoms with E-state index < -0.39 is 24.2 Å². The van der Waals surface area contributed by atoms with Crippen molar-refractivity contribution >= 4 is 35.8 Å². The molecule has 0 bridgehead atoms. The minimum atomic E-state index is -4.04. The maximum Gasteiger partial charge on any atom is 0.329 e. The van der Waals surface area contributed by atoms with Crippen LogP contribution in [0.3, 0.4) is 0 Å². The van der Waals surface area contributed by atoms with Gasteiger partial charge in [0.2, 0.25) is 0 Å². The van der Waals surface area contributed by atoms with E-state index in [9.17, 15) is 18.0 Å². The Morgan fingerprint density at radius 1 is 0.950 bits per heavy atom. The molecule has 1 saturated heterocycles. The highest BCUT2D eigenvalue weighted by Gasteiger charge is 2.44. The largest absolute Gasteiger partial charge is 0.487 e. The second kappa shape index (κ2) is 11.1. The standard InChI is InChI=1S/C30H35N3O5SSi/c1-40(2,3)16-15-32-29(34)20-33(39(32,36)37)27-14-13-23(18-28(27)38-21-22-9-5-4-6-10-22)17-25-19-24-11-7-8-12-26(24)30(35)31-25/h4-14,18,25H,15-17,19-21H2,1-3H3,(H,31,35). The fraction of sp³-hybridized carbons (Fsp3) is 0.333. The SMILES string of the molecule is C[Si](C)(C)CCN1C(=O)CN(c2ccc(CC3Cc4ccccc4C(=O)N3)cc2OCc2ccccc2)S1(=O)=O. The fourth-order valence-corrected chi connectivity index (χ4v) is 7.67. The normalized spacial score (nSPS) is 18.4. The summed E-state index contributed by atoms with van der Waals surface area (Å²) >= 11 is 0. The molecule has 5 rings (SSSR count). The van der Waals surface area contributed by atoms with Crippen LogP contribution in [0.4, 0.5) is 5.69 Å². The highest BCUT2D eigenvalue weighted by atomic mass is 32.2. The highest BCUT2D eigenvalue weighted by molar-refractivity contribution is 7.91. The lowest BCUT2D eigenvalue weighted by Crippen LogP contribution is -2.42. The first-order valence-electron chi connectivity index (χ1n) is 13.5. The topological polar surface area (TPSA) is 96.0 Å². The molecule has 0 aromatic heterocycles. The van der Waals surface area contributed by atoms with E-state index in [-0.39, 0.29) is 31.6 Å². The molecule has 2 heterocycles. The van der Waals surface area contributed by atoms with Crippen LogP contribution in [0, 0.1) is 0 Å². The van der Waals surface area contributed by atoms with Gasteiger partial charge in [-0.25, -0.2) is 8.61 Å². The van der Waals surface area contributed by atoms with Gasteiger partial charge in [0.25, 0.3) is 11.8 Å². The number of rotatable bonds is 9. The number of hydrogen-bond acceptors (Lipinski definition) is 5. The van der Waals surface area contributed by atoms with Crippen LogP contribution < -0.4 is 14.4 Å². The van der Waals surface area contributed by atoms with E-state index in [1.165, 1.54) is 0 Å². The number of nitrogens with zero attached hydrogens (tertiary/aromatic N) is 2. The molecule has 2 amide bonds. The van der Waals surface area contributed by atoms with Gasteiger partial charge in [-0.1, -0.05) is 74.2 Å². The zero-order valence-corrected chi connectivity index (χ0v) is 24.9. The molecule has 3 aromatic rings. The van der Waals surface area contributed by atoms with Crippen LogP contribution in [0.15, 0.2) is 72.8 Å². The van der Waals surface area contributed by atoms with E-state index in [2.05, 4.69) is 25.0 Å². The summed E-state index contributed by atoms with van der Waals surface area (Å²) in [6.45, 7) is 6.63. The molecule has 210 valence electrons. The Labute approximate surface area is 237 Å². The molecule has 10 heteroatoms. The maximum atomic E-state index is 13.5. The first kappa shape index (κ1) is 27.9. The van der Waals surface area contributed by atoms with E-state index in [0.29, 0.717) is 35.9 Å². The number of benzene rings is 3. The molecule has 1 N–H and O–H groups in total. The lowest BCUT2D eigenvalue weighted by molar-refractivity contribution is -0.123. The molecule has 3 aromatic carbocycles. The Hall–Kier alpha value is -3.63. The van der Waals surface area contributed by atoms with Gasteiger partial charge >= 0.3 is 10.2 Å². The molecule has 2 aliphatic heterocycles. The van der Waals surface area contributed by atoms with Crippen molar-refractivity contribution in [1.29, 1.82) is 0 Å². The molecule has 40 heavy (non-hydrogen) atoms. The Balaban J connectivity index is 1.42. The summed E-state index contributed by atoms with van der Waals surface area (Å²) in [5.74, 6) is -0.142. The second-order valence-corrected chi connectivity index (χ2v) is 19.0. The molecule has 2 aliphatic rings. The van der Waals surface area contributed by atoms with Crippen molar-refractivity contribution in [3.63, 3.8) is 0 Å². The highest BCUT2D eigenvalue weighted by Crippen LogP contribution is 2.36. The number of hydrogen-bond donors (Lipinski definition) is 1.